The van der Waals surface area contributed by atoms with Crippen LogP contribution < -0.4 is 10.2 Å². The van der Waals surface area contributed by atoms with Gasteiger partial charge in [-0.15, -0.1) is 0 Å². The summed E-state index contributed by atoms with van der Waals surface area (Å²) in [7, 11) is -3.07. The van der Waals surface area contributed by atoms with Gasteiger partial charge < -0.3 is 10.2 Å². The van der Waals surface area contributed by atoms with E-state index in [1.807, 2.05) is 35.2 Å². The first-order valence-electron chi connectivity index (χ1n) is 10.3. The minimum atomic E-state index is -3.07. The quantitative estimate of drug-likeness (QED) is 0.789. The van der Waals surface area contributed by atoms with Gasteiger partial charge in [0, 0.05) is 37.6 Å². The molecule has 2 fully saturated rings. The van der Waals surface area contributed by atoms with Crippen molar-refractivity contribution < 1.29 is 17.6 Å². The SMILES string of the molecule is O=C(Nc1cc(F)cc(N2CCCC2)c1)C(c1ccccc1)N1CCS(=O)(=O)CC1. The van der Waals surface area contributed by atoms with E-state index in [4.69, 9.17) is 0 Å². The molecule has 0 saturated carbocycles. The van der Waals surface area contributed by atoms with Crippen molar-refractivity contribution in [3.8, 4) is 0 Å². The molecule has 0 radical (unpaired) electrons. The van der Waals surface area contributed by atoms with E-state index in [2.05, 4.69) is 10.2 Å². The van der Waals surface area contributed by atoms with Crippen LogP contribution in [0, 0.1) is 5.82 Å². The molecule has 8 heteroatoms. The average Bonchev–Trinajstić information content (AvgIpc) is 3.25. The summed E-state index contributed by atoms with van der Waals surface area (Å²) in [5.74, 6) is -0.626. The predicted octanol–water partition coefficient (Wildman–Crippen LogP) is 2.84. The summed E-state index contributed by atoms with van der Waals surface area (Å²) < 4.78 is 37.9. The zero-order valence-electron chi connectivity index (χ0n) is 16.8. The number of amides is 1. The number of nitrogens with one attached hydrogen (secondary N) is 1. The normalized spacial score (nSPS) is 20.1. The van der Waals surface area contributed by atoms with Crippen molar-refractivity contribution in [2.75, 3.05) is 47.9 Å². The Morgan fingerprint density at radius 2 is 1.63 bits per heavy atom. The molecular formula is C22H26FN3O3S. The van der Waals surface area contributed by atoms with Crippen molar-refractivity contribution in [1.82, 2.24) is 4.90 Å². The van der Waals surface area contributed by atoms with E-state index in [9.17, 15) is 17.6 Å². The van der Waals surface area contributed by atoms with E-state index in [0.717, 1.165) is 37.2 Å². The third-order valence-corrected chi connectivity index (χ3v) is 7.34. The van der Waals surface area contributed by atoms with Gasteiger partial charge in [-0.25, -0.2) is 12.8 Å². The van der Waals surface area contributed by atoms with E-state index in [-0.39, 0.29) is 30.5 Å². The Hall–Kier alpha value is -2.45. The number of carbonyl (C=O) groups is 1. The number of sulfone groups is 1. The number of halogens is 1. The molecular weight excluding hydrogens is 405 g/mol. The van der Waals surface area contributed by atoms with Crippen molar-refractivity contribution in [3.05, 3.63) is 59.9 Å². The molecule has 1 unspecified atom stereocenters. The maximum Gasteiger partial charge on any atom is 0.246 e. The molecule has 0 spiro atoms. The second-order valence-corrected chi connectivity index (χ2v) is 10.2. The minimum Gasteiger partial charge on any atom is -0.371 e. The molecule has 6 nitrogen and oxygen atoms in total. The molecule has 2 aromatic rings. The van der Waals surface area contributed by atoms with E-state index in [1.165, 1.54) is 12.1 Å². The molecule has 2 saturated heterocycles. The molecule has 1 N–H and O–H groups in total. The van der Waals surface area contributed by atoms with Gasteiger partial charge in [0.1, 0.15) is 11.9 Å². The van der Waals surface area contributed by atoms with Crippen LogP contribution in [0.5, 0.6) is 0 Å². The van der Waals surface area contributed by atoms with Crippen LogP contribution in [0.2, 0.25) is 0 Å². The second kappa shape index (κ2) is 8.73. The number of anilines is 2. The highest BCUT2D eigenvalue weighted by atomic mass is 32.2. The first kappa shape index (κ1) is 20.8. The van der Waals surface area contributed by atoms with Gasteiger partial charge in [-0.3, -0.25) is 9.69 Å². The number of hydrogen-bond donors (Lipinski definition) is 1. The number of benzene rings is 2. The molecule has 2 aliphatic rings. The van der Waals surface area contributed by atoms with Gasteiger partial charge in [-0.2, -0.15) is 0 Å². The molecule has 2 aromatic carbocycles. The summed E-state index contributed by atoms with van der Waals surface area (Å²) in [5.41, 5.74) is 1.96. The molecule has 1 amide bonds. The van der Waals surface area contributed by atoms with Crippen molar-refractivity contribution in [1.29, 1.82) is 0 Å². The number of hydrogen-bond acceptors (Lipinski definition) is 5. The lowest BCUT2D eigenvalue weighted by Crippen LogP contribution is -2.46. The lowest BCUT2D eigenvalue weighted by atomic mass is 10.0. The Kier molecular flexibility index (Phi) is 6.06. The molecule has 30 heavy (non-hydrogen) atoms. The minimum absolute atomic E-state index is 0.0304. The first-order valence-corrected chi connectivity index (χ1v) is 12.1. The zero-order valence-corrected chi connectivity index (χ0v) is 17.6. The number of nitrogens with zero attached hydrogens (tertiary/aromatic N) is 2. The molecule has 0 aromatic heterocycles. The fourth-order valence-electron chi connectivity index (χ4n) is 4.16. The smallest absolute Gasteiger partial charge is 0.246 e. The largest absolute Gasteiger partial charge is 0.371 e. The molecule has 0 bridgehead atoms. The Balaban J connectivity index is 1.58. The van der Waals surface area contributed by atoms with Crippen molar-refractivity contribution in [3.63, 3.8) is 0 Å². The molecule has 4 rings (SSSR count). The molecule has 1 atom stereocenters. The summed E-state index contributed by atoms with van der Waals surface area (Å²) in [6.07, 6.45) is 2.15. The van der Waals surface area contributed by atoms with Gasteiger partial charge in [0.15, 0.2) is 9.84 Å². The second-order valence-electron chi connectivity index (χ2n) is 7.88. The fourth-order valence-corrected chi connectivity index (χ4v) is 5.39. The lowest BCUT2D eigenvalue weighted by molar-refractivity contribution is -0.121. The van der Waals surface area contributed by atoms with E-state index < -0.39 is 21.7 Å². The van der Waals surface area contributed by atoms with Crippen molar-refractivity contribution >= 4 is 27.1 Å². The van der Waals surface area contributed by atoms with Crippen LogP contribution in [-0.2, 0) is 14.6 Å². The summed E-state index contributed by atoms with van der Waals surface area (Å²) in [5, 5.41) is 2.87. The first-order chi connectivity index (χ1) is 14.4. The Morgan fingerprint density at radius 1 is 0.967 bits per heavy atom. The molecule has 2 aliphatic heterocycles. The standard InChI is InChI=1S/C22H26FN3O3S/c23-18-14-19(16-20(15-18)25-8-4-5-9-25)24-22(27)21(17-6-2-1-3-7-17)26-10-12-30(28,29)13-11-26/h1-3,6-7,14-16,21H,4-5,8-13H2,(H,24,27). The molecule has 2 heterocycles. The third-order valence-electron chi connectivity index (χ3n) is 5.73. The average molecular weight is 432 g/mol. The van der Waals surface area contributed by atoms with Crippen LogP contribution >= 0.6 is 0 Å². The topological polar surface area (TPSA) is 69.7 Å². The van der Waals surface area contributed by atoms with Crippen LogP contribution in [0.15, 0.2) is 48.5 Å². The highest BCUT2D eigenvalue weighted by Crippen LogP contribution is 2.28. The maximum atomic E-state index is 14.2. The van der Waals surface area contributed by atoms with Crippen LogP contribution in [-0.4, -0.2) is 56.9 Å². The van der Waals surface area contributed by atoms with Gasteiger partial charge >= 0.3 is 0 Å². The zero-order chi connectivity index (χ0) is 21.1. The number of rotatable bonds is 5. The monoisotopic (exact) mass is 431 g/mol. The summed E-state index contributed by atoms with van der Waals surface area (Å²) in [4.78, 5) is 17.3. The van der Waals surface area contributed by atoms with Gasteiger partial charge in [0.2, 0.25) is 5.91 Å². The summed E-state index contributed by atoms with van der Waals surface area (Å²) in [6, 6.07) is 13.3. The molecule has 160 valence electrons. The highest BCUT2D eigenvalue weighted by molar-refractivity contribution is 7.91. The number of carbonyl (C=O) groups excluding carboxylic acids is 1. The van der Waals surface area contributed by atoms with Gasteiger partial charge in [0.05, 0.1) is 11.5 Å². The maximum absolute atomic E-state index is 14.2. The van der Waals surface area contributed by atoms with Crippen molar-refractivity contribution in [2.24, 2.45) is 0 Å². The van der Waals surface area contributed by atoms with Gasteiger partial charge in [0.25, 0.3) is 0 Å². The summed E-state index contributed by atoms with van der Waals surface area (Å²) >= 11 is 0. The van der Waals surface area contributed by atoms with E-state index >= 15 is 0 Å². The van der Waals surface area contributed by atoms with E-state index in [1.54, 1.807) is 6.07 Å². The van der Waals surface area contributed by atoms with Crippen molar-refractivity contribution in [2.45, 2.75) is 18.9 Å². The fraction of sp³-hybridized carbons (Fsp3) is 0.409. The van der Waals surface area contributed by atoms with Crippen LogP contribution in [0.4, 0.5) is 15.8 Å². The Morgan fingerprint density at radius 3 is 2.30 bits per heavy atom. The predicted molar refractivity (Wildman–Crippen MR) is 116 cm³/mol. The van der Waals surface area contributed by atoms with E-state index in [0.29, 0.717) is 5.69 Å². The van der Waals surface area contributed by atoms with Crippen LogP contribution in [0.3, 0.4) is 0 Å². The molecule has 0 aliphatic carbocycles. The lowest BCUT2D eigenvalue weighted by Gasteiger charge is -2.33. The summed E-state index contributed by atoms with van der Waals surface area (Å²) in [6.45, 7) is 2.34. The Labute approximate surface area is 176 Å². The third kappa shape index (κ3) is 4.82. The van der Waals surface area contributed by atoms with Crippen LogP contribution in [0.1, 0.15) is 24.4 Å². The van der Waals surface area contributed by atoms with Gasteiger partial charge in [-0.1, -0.05) is 30.3 Å². The highest BCUT2D eigenvalue weighted by Gasteiger charge is 2.32. The Bertz CT molecular complexity index is 994. The van der Waals surface area contributed by atoms with Crippen LogP contribution in [0.25, 0.3) is 0 Å². The van der Waals surface area contributed by atoms with Gasteiger partial charge in [-0.05, 0) is 36.6 Å².